The van der Waals surface area contributed by atoms with Gasteiger partial charge >= 0.3 is 0 Å². The van der Waals surface area contributed by atoms with Crippen molar-refractivity contribution >= 4 is 41.5 Å². The highest BCUT2D eigenvalue weighted by Gasteiger charge is 2.14. The first kappa shape index (κ1) is 22.9. The van der Waals surface area contributed by atoms with E-state index in [1.807, 2.05) is 24.3 Å². The average Bonchev–Trinajstić information content (AvgIpc) is 2.70. The Morgan fingerprint density at radius 1 is 1.17 bits per heavy atom. The van der Waals surface area contributed by atoms with Crippen molar-refractivity contribution in [1.82, 2.24) is 10.6 Å². The number of carbonyl (C=O) groups excluding carboxylic acids is 1. The summed E-state index contributed by atoms with van der Waals surface area (Å²) in [6, 6.07) is 12.3. The van der Waals surface area contributed by atoms with Gasteiger partial charge in [0.1, 0.15) is 18.2 Å². The molecular formula is C21H26FIN4O2. The molecule has 2 aromatic carbocycles. The number of rotatable bonds is 7. The van der Waals surface area contributed by atoms with Crippen molar-refractivity contribution in [2.45, 2.75) is 19.3 Å². The van der Waals surface area contributed by atoms with Crippen LogP contribution in [0.4, 0.5) is 10.1 Å². The Hall–Kier alpha value is -2.36. The Bertz CT molecular complexity index is 860. The predicted molar refractivity (Wildman–Crippen MR) is 124 cm³/mol. The van der Waals surface area contributed by atoms with E-state index in [0.29, 0.717) is 38.5 Å². The second-order valence-corrected chi connectivity index (χ2v) is 6.52. The Kier molecular flexibility index (Phi) is 9.17. The van der Waals surface area contributed by atoms with Crippen LogP contribution in [0.25, 0.3) is 0 Å². The molecule has 156 valence electrons. The number of benzene rings is 2. The number of ether oxygens (including phenoxy) is 1. The van der Waals surface area contributed by atoms with Gasteiger partial charge in [0.25, 0.3) is 0 Å². The molecule has 29 heavy (non-hydrogen) atoms. The molecule has 6 nitrogen and oxygen atoms in total. The fraction of sp³-hybridized carbons (Fsp3) is 0.333. The van der Waals surface area contributed by atoms with Gasteiger partial charge in [-0.3, -0.25) is 9.79 Å². The average molecular weight is 512 g/mol. The third kappa shape index (κ3) is 7.19. The maximum absolute atomic E-state index is 13.2. The lowest BCUT2D eigenvalue weighted by Crippen LogP contribution is -2.40. The van der Waals surface area contributed by atoms with Crippen LogP contribution >= 0.6 is 24.0 Å². The molecule has 1 aliphatic rings. The summed E-state index contributed by atoms with van der Waals surface area (Å²) >= 11 is 0. The van der Waals surface area contributed by atoms with Crippen LogP contribution in [-0.2, 0) is 17.6 Å². The van der Waals surface area contributed by atoms with Crippen LogP contribution in [0.1, 0.15) is 17.5 Å². The number of halogens is 2. The fourth-order valence-corrected chi connectivity index (χ4v) is 3.03. The molecular weight excluding hydrogens is 486 g/mol. The molecule has 0 saturated heterocycles. The van der Waals surface area contributed by atoms with Gasteiger partial charge in [-0.2, -0.15) is 0 Å². The van der Waals surface area contributed by atoms with Crippen molar-refractivity contribution in [2.75, 3.05) is 32.1 Å². The van der Waals surface area contributed by atoms with Gasteiger partial charge in [0, 0.05) is 25.7 Å². The van der Waals surface area contributed by atoms with Crippen molar-refractivity contribution in [3.63, 3.8) is 0 Å². The van der Waals surface area contributed by atoms with Crippen LogP contribution in [0.15, 0.2) is 47.5 Å². The molecule has 2 aromatic rings. The number of carbonyl (C=O) groups is 1. The van der Waals surface area contributed by atoms with Gasteiger partial charge in [-0.05, 0) is 54.3 Å². The molecule has 1 amide bonds. The lowest BCUT2D eigenvalue weighted by molar-refractivity contribution is -0.116. The number of aliphatic imine (C=N–C) groups is 1. The van der Waals surface area contributed by atoms with E-state index in [0.717, 1.165) is 29.0 Å². The van der Waals surface area contributed by atoms with Gasteiger partial charge in [-0.25, -0.2) is 4.39 Å². The number of nitrogens with one attached hydrogen (secondary N) is 3. The normalized spacial score (nSPS) is 13.0. The van der Waals surface area contributed by atoms with Crippen LogP contribution in [0.3, 0.4) is 0 Å². The Labute approximate surface area is 187 Å². The summed E-state index contributed by atoms with van der Waals surface area (Å²) in [5, 5.41) is 9.25. The summed E-state index contributed by atoms with van der Waals surface area (Å²) in [6.07, 6.45) is 1.95. The topological polar surface area (TPSA) is 74.8 Å². The third-order valence-corrected chi connectivity index (χ3v) is 4.45. The second kappa shape index (κ2) is 11.6. The number of hydrogen-bond donors (Lipinski definition) is 3. The lowest BCUT2D eigenvalue weighted by Gasteiger charge is -2.18. The maximum Gasteiger partial charge on any atom is 0.224 e. The first-order valence-corrected chi connectivity index (χ1v) is 9.38. The highest BCUT2D eigenvalue weighted by molar-refractivity contribution is 14.0. The minimum absolute atomic E-state index is 0. The van der Waals surface area contributed by atoms with Gasteiger partial charge in [0.05, 0.1) is 6.54 Å². The number of guanidine groups is 1. The standard InChI is InChI=1S/C21H25FN4O2.HI/c1-23-21(24-10-9-15-3-2-4-17(22)13-15)25-11-12-28-18-6-7-19-16(14-18)5-8-20(27)26-19;/h2-4,6-7,13-14H,5,8-12H2,1H3,(H,26,27)(H2,23,24,25);1H. The summed E-state index contributed by atoms with van der Waals surface area (Å²) in [5.74, 6) is 1.29. The van der Waals surface area contributed by atoms with Crippen molar-refractivity contribution in [3.8, 4) is 5.75 Å². The zero-order valence-corrected chi connectivity index (χ0v) is 18.7. The summed E-state index contributed by atoms with van der Waals surface area (Å²) in [4.78, 5) is 15.6. The van der Waals surface area contributed by atoms with Crippen LogP contribution in [0.2, 0.25) is 0 Å². The van der Waals surface area contributed by atoms with Crippen LogP contribution in [-0.4, -0.2) is 38.6 Å². The number of fused-ring (bicyclic) bond motifs is 1. The summed E-state index contributed by atoms with van der Waals surface area (Å²) in [7, 11) is 1.70. The number of amides is 1. The van der Waals surface area contributed by atoms with E-state index in [4.69, 9.17) is 4.74 Å². The molecule has 0 saturated carbocycles. The molecule has 0 spiro atoms. The zero-order valence-electron chi connectivity index (χ0n) is 16.3. The molecule has 1 aliphatic heterocycles. The van der Waals surface area contributed by atoms with Crippen molar-refractivity contribution < 1.29 is 13.9 Å². The Morgan fingerprint density at radius 2 is 2.00 bits per heavy atom. The maximum atomic E-state index is 13.2. The van der Waals surface area contributed by atoms with Gasteiger partial charge in [-0.1, -0.05) is 12.1 Å². The molecule has 0 bridgehead atoms. The third-order valence-electron chi connectivity index (χ3n) is 4.45. The van der Waals surface area contributed by atoms with Crippen LogP contribution in [0.5, 0.6) is 5.75 Å². The molecule has 3 N–H and O–H groups in total. The van der Waals surface area contributed by atoms with Gasteiger partial charge in [0.2, 0.25) is 5.91 Å². The summed E-state index contributed by atoms with van der Waals surface area (Å²) < 4.78 is 19.0. The van der Waals surface area contributed by atoms with Gasteiger partial charge in [0.15, 0.2) is 5.96 Å². The van der Waals surface area contributed by atoms with E-state index in [2.05, 4.69) is 20.9 Å². The highest BCUT2D eigenvalue weighted by atomic mass is 127. The smallest absolute Gasteiger partial charge is 0.224 e. The predicted octanol–water partition coefficient (Wildman–Crippen LogP) is 3.11. The van der Waals surface area contributed by atoms with E-state index >= 15 is 0 Å². The number of aryl methyl sites for hydroxylation is 1. The molecule has 0 fully saturated rings. The monoisotopic (exact) mass is 512 g/mol. The number of anilines is 1. The second-order valence-electron chi connectivity index (χ2n) is 6.52. The lowest BCUT2D eigenvalue weighted by atomic mass is 10.0. The zero-order chi connectivity index (χ0) is 19.8. The summed E-state index contributed by atoms with van der Waals surface area (Å²) in [5.41, 5.74) is 2.90. The molecule has 0 aliphatic carbocycles. The van der Waals surface area contributed by atoms with E-state index in [-0.39, 0.29) is 35.7 Å². The van der Waals surface area contributed by atoms with Crippen molar-refractivity contribution in [2.24, 2.45) is 4.99 Å². The largest absolute Gasteiger partial charge is 0.492 e. The number of nitrogens with zero attached hydrogens (tertiary/aromatic N) is 1. The minimum atomic E-state index is -0.221. The van der Waals surface area contributed by atoms with E-state index in [9.17, 15) is 9.18 Å². The van der Waals surface area contributed by atoms with Gasteiger partial charge in [-0.15, -0.1) is 24.0 Å². The van der Waals surface area contributed by atoms with E-state index in [1.54, 1.807) is 13.1 Å². The van der Waals surface area contributed by atoms with Gasteiger partial charge < -0.3 is 20.7 Å². The molecule has 0 aromatic heterocycles. The van der Waals surface area contributed by atoms with Crippen LogP contribution < -0.4 is 20.7 Å². The quantitative estimate of drug-likeness (QED) is 0.231. The van der Waals surface area contributed by atoms with Crippen LogP contribution in [0, 0.1) is 5.82 Å². The Morgan fingerprint density at radius 3 is 2.79 bits per heavy atom. The van der Waals surface area contributed by atoms with Crippen molar-refractivity contribution in [3.05, 3.63) is 59.4 Å². The fourth-order valence-electron chi connectivity index (χ4n) is 3.03. The van der Waals surface area contributed by atoms with E-state index < -0.39 is 0 Å². The molecule has 3 rings (SSSR count). The molecule has 0 unspecified atom stereocenters. The number of hydrogen-bond acceptors (Lipinski definition) is 3. The molecule has 0 radical (unpaired) electrons. The molecule has 1 heterocycles. The summed E-state index contributed by atoms with van der Waals surface area (Å²) in [6.45, 7) is 1.73. The molecule has 0 atom stereocenters. The highest BCUT2D eigenvalue weighted by Crippen LogP contribution is 2.26. The minimum Gasteiger partial charge on any atom is -0.492 e. The van der Waals surface area contributed by atoms with E-state index in [1.165, 1.54) is 12.1 Å². The Balaban J connectivity index is 0.00000300. The van der Waals surface area contributed by atoms with Crippen molar-refractivity contribution in [1.29, 1.82) is 0 Å². The first-order valence-electron chi connectivity index (χ1n) is 9.38. The first-order chi connectivity index (χ1) is 13.6. The molecule has 8 heteroatoms. The SMILES string of the molecule is CN=C(NCCOc1ccc2c(c1)CCC(=O)N2)NCCc1cccc(F)c1.I.